The van der Waals surface area contributed by atoms with Gasteiger partial charge in [-0.3, -0.25) is 10.1 Å². The quantitative estimate of drug-likeness (QED) is 0.554. The first kappa shape index (κ1) is 14.9. The van der Waals surface area contributed by atoms with Crippen LogP contribution in [0.4, 0.5) is 11.4 Å². The number of nitrogens with zero attached hydrogens (tertiary/aromatic N) is 4. The second-order valence-electron chi connectivity index (χ2n) is 4.92. The zero-order valence-electron chi connectivity index (χ0n) is 12.5. The van der Waals surface area contributed by atoms with E-state index < -0.39 is 4.92 Å². The second kappa shape index (κ2) is 6.41. The molecular weight excluding hydrogens is 298 g/mol. The van der Waals surface area contributed by atoms with Crippen LogP contribution in [0.5, 0.6) is 0 Å². The lowest BCUT2D eigenvalue weighted by Crippen LogP contribution is -2.08. The van der Waals surface area contributed by atoms with Gasteiger partial charge in [0.05, 0.1) is 30.0 Å². The van der Waals surface area contributed by atoms with Gasteiger partial charge in [-0.25, -0.2) is 9.50 Å². The van der Waals surface area contributed by atoms with Crippen molar-refractivity contribution in [1.82, 2.24) is 14.6 Å². The Morgan fingerprint density at radius 2 is 2.17 bits per heavy atom. The van der Waals surface area contributed by atoms with E-state index in [4.69, 9.17) is 4.74 Å². The molecule has 8 nitrogen and oxygen atoms in total. The summed E-state index contributed by atoms with van der Waals surface area (Å²) in [6.45, 7) is 0.798. The number of anilines is 1. The SMILES string of the molecule is COCc1cc([N+](=O)[O-])ccc1NCc1ccnc2ccnn12. The van der Waals surface area contributed by atoms with E-state index >= 15 is 0 Å². The Hall–Kier alpha value is -3.00. The number of rotatable bonds is 6. The fraction of sp³-hybridized carbons (Fsp3) is 0.200. The predicted molar refractivity (Wildman–Crippen MR) is 84.1 cm³/mol. The smallest absolute Gasteiger partial charge is 0.269 e. The summed E-state index contributed by atoms with van der Waals surface area (Å²) in [4.78, 5) is 14.7. The molecule has 118 valence electrons. The Morgan fingerprint density at radius 3 is 2.96 bits per heavy atom. The van der Waals surface area contributed by atoms with E-state index in [9.17, 15) is 10.1 Å². The van der Waals surface area contributed by atoms with Crippen molar-refractivity contribution in [2.75, 3.05) is 12.4 Å². The minimum Gasteiger partial charge on any atom is -0.380 e. The zero-order chi connectivity index (χ0) is 16.2. The number of aromatic nitrogens is 3. The molecule has 3 rings (SSSR count). The number of non-ortho nitro benzene ring substituents is 1. The summed E-state index contributed by atoms with van der Waals surface area (Å²) >= 11 is 0. The van der Waals surface area contributed by atoms with Crippen molar-refractivity contribution in [3.05, 3.63) is 64.1 Å². The first-order chi connectivity index (χ1) is 11.2. The van der Waals surface area contributed by atoms with Crippen molar-refractivity contribution < 1.29 is 9.66 Å². The maximum atomic E-state index is 10.9. The third-order valence-electron chi connectivity index (χ3n) is 3.43. The minimum atomic E-state index is -0.418. The lowest BCUT2D eigenvalue weighted by molar-refractivity contribution is -0.384. The highest BCUT2D eigenvalue weighted by Crippen LogP contribution is 2.23. The number of nitro benzene ring substituents is 1. The van der Waals surface area contributed by atoms with Gasteiger partial charge >= 0.3 is 0 Å². The number of nitrogens with one attached hydrogen (secondary N) is 1. The van der Waals surface area contributed by atoms with Crippen molar-refractivity contribution in [1.29, 1.82) is 0 Å². The first-order valence-electron chi connectivity index (χ1n) is 6.97. The van der Waals surface area contributed by atoms with E-state index in [1.54, 1.807) is 30.1 Å². The maximum Gasteiger partial charge on any atom is 0.269 e. The fourth-order valence-corrected chi connectivity index (χ4v) is 2.35. The molecule has 1 aromatic carbocycles. The average molecular weight is 313 g/mol. The third kappa shape index (κ3) is 3.11. The van der Waals surface area contributed by atoms with Gasteiger partial charge in [0.15, 0.2) is 5.65 Å². The molecule has 0 radical (unpaired) electrons. The van der Waals surface area contributed by atoms with E-state index in [2.05, 4.69) is 15.4 Å². The molecule has 1 N–H and O–H groups in total. The van der Waals surface area contributed by atoms with Crippen LogP contribution in [-0.2, 0) is 17.9 Å². The van der Waals surface area contributed by atoms with Gasteiger partial charge in [0, 0.05) is 42.8 Å². The molecule has 0 aliphatic carbocycles. The Bertz CT molecular complexity index is 846. The number of nitro groups is 1. The first-order valence-corrected chi connectivity index (χ1v) is 6.97. The molecule has 0 bridgehead atoms. The van der Waals surface area contributed by atoms with E-state index in [1.165, 1.54) is 12.1 Å². The van der Waals surface area contributed by atoms with Crippen molar-refractivity contribution in [3.8, 4) is 0 Å². The lowest BCUT2D eigenvalue weighted by Gasteiger charge is -2.12. The van der Waals surface area contributed by atoms with Crippen molar-refractivity contribution in [3.63, 3.8) is 0 Å². The molecular formula is C15H15N5O3. The third-order valence-corrected chi connectivity index (χ3v) is 3.43. The molecule has 0 atom stereocenters. The molecule has 0 unspecified atom stereocenters. The van der Waals surface area contributed by atoms with Crippen molar-refractivity contribution in [2.45, 2.75) is 13.2 Å². The number of ether oxygens (including phenoxy) is 1. The van der Waals surface area contributed by atoms with E-state index in [0.717, 1.165) is 22.6 Å². The molecule has 0 saturated carbocycles. The van der Waals surface area contributed by atoms with E-state index in [0.29, 0.717) is 6.54 Å². The summed E-state index contributed by atoms with van der Waals surface area (Å²) in [6.07, 6.45) is 3.41. The van der Waals surface area contributed by atoms with Crippen LogP contribution in [0.2, 0.25) is 0 Å². The van der Waals surface area contributed by atoms with Crippen LogP contribution in [-0.4, -0.2) is 26.6 Å². The molecule has 0 aliphatic rings. The van der Waals surface area contributed by atoms with Gasteiger partial charge in [-0.15, -0.1) is 0 Å². The van der Waals surface area contributed by atoms with Gasteiger partial charge in [0.25, 0.3) is 5.69 Å². The largest absolute Gasteiger partial charge is 0.380 e. The molecule has 0 fully saturated rings. The number of methoxy groups -OCH3 is 1. The average Bonchev–Trinajstić information content (AvgIpc) is 3.03. The monoisotopic (exact) mass is 313 g/mol. The van der Waals surface area contributed by atoms with Gasteiger partial charge in [-0.1, -0.05) is 0 Å². The highest BCUT2D eigenvalue weighted by atomic mass is 16.6. The molecule has 3 aromatic rings. The van der Waals surface area contributed by atoms with E-state index in [-0.39, 0.29) is 12.3 Å². The summed E-state index contributed by atoms with van der Waals surface area (Å²) in [5.41, 5.74) is 3.26. The highest BCUT2D eigenvalue weighted by Gasteiger charge is 2.11. The van der Waals surface area contributed by atoms with Crippen LogP contribution in [0.3, 0.4) is 0 Å². The second-order valence-corrected chi connectivity index (χ2v) is 4.92. The molecule has 0 aliphatic heterocycles. The molecule has 2 heterocycles. The summed E-state index contributed by atoms with van der Waals surface area (Å²) in [5.74, 6) is 0. The van der Waals surface area contributed by atoms with Gasteiger partial charge in [0.2, 0.25) is 0 Å². The van der Waals surface area contributed by atoms with Gasteiger partial charge < -0.3 is 10.1 Å². The van der Waals surface area contributed by atoms with Gasteiger partial charge in [0.1, 0.15) is 0 Å². The van der Waals surface area contributed by atoms with Crippen LogP contribution in [0.15, 0.2) is 42.7 Å². The normalized spacial score (nSPS) is 10.8. The maximum absolute atomic E-state index is 10.9. The number of fused-ring (bicyclic) bond motifs is 1. The van der Waals surface area contributed by atoms with Crippen molar-refractivity contribution in [2.24, 2.45) is 0 Å². The van der Waals surface area contributed by atoms with Crippen LogP contribution in [0.1, 0.15) is 11.3 Å². The molecule has 8 heteroatoms. The standard InChI is InChI=1S/C15H15N5O3/c1-23-10-11-8-12(20(21)22)2-3-14(11)17-9-13-4-6-16-15-5-7-18-19(13)15/h2-8,17H,9-10H2,1H3. The predicted octanol–water partition coefficient (Wildman–Crippen LogP) is 2.40. The van der Waals surface area contributed by atoms with Gasteiger partial charge in [-0.2, -0.15) is 5.10 Å². The fourth-order valence-electron chi connectivity index (χ4n) is 2.35. The molecule has 0 spiro atoms. The highest BCUT2D eigenvalue weighted by molar-refractivity contribution is 5.56. The minimum absolute atomic E-state index is 0.0426. The summed E-state index contributed by atoms with van der Waals surface area (Å²) in [6, 6.07) is 8.37. The van der Waals surface area contributed by atoms with Crippen LogP contribution in [0, 0.1) is 10.1 Å². The number of benzene rings is 1. The van der Waals surface area contributed by atoms with Gasteiger partial charge in [-0.05, 0) is 12.1 Å². The number of hydrogen-bond acceptors (Lipinski definition) is 6. The summed E-state index contributed by atoms with van der Waals surface area (Å²) in [7, 11) is 1.55. The van der Waals surface area contributed by atoms with E-state index in [1.807, 2.05) is 12.1 Å². The van der Waals surface area contributed by atoms with Crippen molar-refractivity contribution >= 4 is 17.0 Å². The zero-order valence-corrected chi connectivity index (χ0v) is 12.5. The number of hydrogen-bond donors (Lipinski definition) is 1. The Morgan fingerprint density at radius 1 is 1.30 bits per heavy atom. The molecule has 0 amide bonds. The molecule has 23 heavy (non-hydrogen) atoms. The van der Waals surface area contributed by atoms with Crippen LogP contribution >= 0.6 is 0 Å². The molecule has 2 aromatic heterocycles. The van der Waals surface area contributed by atoms with Crippen LogP contribution in [0.25, 0.3) is 5.65 Å². The topological polar surface area (TPSA) is 94.6 Å². The van der Waals surface area contributed by atoms with Crippen LogP contribution < -0.4 is 5.32 Å². The molecule has 0 saturated heterocycles. The Labute approximate surface area is 131 Å². The summed E-state index contributed by atoms with van der Waals surface area (Å²) in [5, 5.41) is 18.4. The Balaban J connectivity index is 1.84. The Kier molecular flexibility index (Phi) is 4.15. The lowest BCUT2D eigenvalue weighted by atomic mass is 10.1. The summed E-state index contributed by atoms with van der Waals surface area (Å²) < 4.78 is 6.87.